The first-order chi connectivity index (χ1) is 11.5. The number of nitrogens with one attached hydrogen (secondary N) is 2. The van der Waals surface area contributed by atoms with Gasteiger partial charge in [-0.3, -0.25) is 9.59 Å². The molecule has 0 radical (unpaired) electrons. The summed E-state index contributed by atoms with van der Waals surface area (Å²) in [6, 6.07) is 7.82. The molecule has 0 aliphatic heterocycles. The van der Waals surface area contributed by atoms with Gasteiger partial charge in [0.25, 0.3) is 0 Å². The average molecular weight is 366 g/mol. The monoisotopic (exact) mass is 365 g/mol. The van der Waals surface area contributed by atoms with E-state index in [-0.39, 0.29) is 30.3 Å². The third-order valence-corrected chi connectivity index (χ3v) is 5.60. The van der Waals surface area contributed by atoms with Gasteiger partial charge >= 0.3 is 0 Å². The van der Waals surface area contributed by atoms with Gasteiger partial charge in [0.1, 0.15) is 0 Å². The molecule has 2 heterocycles. The molecule has 0 saturated carbocycles. The van der Waals surface area contributed by atoms with Crippen molar-refractivity contribution in [1.29, 1.82) is 0 Å². The van der Waals surface area contributed by atoms with E-state index in [1.54, 1.807) is 22.7 Å². The fourth-order valence-electron chi connectivity index (χ4n) is 2.44. The van der Waals surface area contributed by atoms with Crippen molar-refractivity contribution < 1.29 is 9.59 Å². The van der Waals surface area contributed by atoms with Crippen LogP contribution in [0.25, 0.3) is 0 Å². The van der Waals surface area contributed by atoms with Crippen LogP contribution in [-0.2, 0) is 9.59 Å². The second kappa shape index (κ2) is 8.96. The molecule has 0 aliphatic carbocycles. The topological polar surface area (TPSA) is 61.4 Å². The molecule has 2 amide bonds. The molecule has 5 nitrogen and oxygen atoms in total. The van der Waals surface area contributed by atoms with Gasteiger partial charge < -0.3 is 15.5 Å². The van der Waals surface area contributed by atoms with Crippen molar-refractivity contribution in [1.82, 2.24) is 15.5 Å². The van der Waals surface area contributed by atoms with Crippen molar-refractivity contribution >= 4 is 34.5 Å². The maximum Gasteiger partial charge on any atom is 0.222 e. The predicted octanol–water partition coefficient (Wildman–Crippen LogP) is 2.80. The first-order valence-electron chi connectivity index (χ1n) is 7.74. The number of hydrogen-bond donors (Lipinski definition) is 2. The van der Waals surface area contributed by atoms with Crippen molar-refractivity contribution in [2.45, 2.75) is 25.4 Å². The Balaban J connectivity index is 1.94. The molecule has 2 aromatic rings. The largest absolute Gasteiger partial charge is 0.354 e. The maximum atomic E-state index is 12.4. The van der Waals surface area contributed by atoms with Gasteiger partial charge in [0.15, 0.2) is 0 Å². The Hall–Kier alpha value is -1.70. The van der Waals surface area contributed by atoms with E-state index in [4.69, 9.17) is 0 Å². The highest BCUT2D eigenvalue weighted by molar-refractivity contribution is 7.10. The zero-order valence-corrected chi connectivity index (χ0v) is 15.7. The Morgan fingerprint density at radius 3 is 2.25 bits per heavy atom. The summed E-state index contributed by atoms with van der Waals surface area (Å²) in [5, 5.41) is 9.84. The summed E-state index contributed by atoms with van der Waals surface area (Å²) in [5.74, 6) is -0.198. The molecular weight excluding hydrogens is 342 g/mol. The molecule has 2 N–H and O–H groups in total. The van der Waals surface area contributed by atoms with Gasteiger partial charge in [0, 0.05) is 23.2 Å². The van der Waals surface area contributed by atoms with Gasteiger partial charge in [-0.25, -0.2) is 0 Å². The van der Waals surface area contributed by atoms with E-state index in [1.165, 1.54) is 11.8 Å². The quantitative estimate of drug-likeness (QED) is 0.756. The van der Waals surface area contributed by atoms with Crippen LogP contribution >= 0.6 is 22.7 Å². The first-order valence-corrected chi connectivity index (χ1v) is 9.50. The number of carbonyl (C=O) groups excluding carboxylic acids is 2. The van der Waals surface area contributed by atoms with E-state index in [2.05, 4.69) is 21.6 Å². The summed E-state index contributed by atoms with van der Waals surface area (Å²) >= 11 is 3.22. The van der Waals surface area contributed by atoms with Gasteiger partial charge in [-0.05, 0) is 37.0 Å². The fraction of sp³-hybridized carbons (Fsp3) is 0.412. The minimum Gasteiger partial charge on any atom is -0.354 e. The van der Waals surface area contributed by atoms with E-state index in [0.717, 1.165) is 4.88 Å². The number of nitrogens with zero attached hydrogens (tertiary/aromatic N) is 1. The van der Waals surface area contributed by atoms with Crippen molar-refractivity contribution in [2.24, 2.45) is 0 Å². The van der Waals surface area contributed by atoms with Crippen LogP contribution in [0.5, 0.6) is 0 Å². The summed E-state index contributed by atoms with van der Waals surface area (Å²) in [6.45, 7) is 2.01. The lowest BCUT2D eigenvalue weighted by atomic mass is 10.1. The molecule has 0 aliphatic rings. The molecule has 130 valence electrons. The van der Waals surface area contributed by atoms with Gasteiger partial charge in [-0.15, -0.1) is 22.7 Å². The van der Waals surface area contributed by atoms with Gasteiger partial charge in [0.05, 0.1) is 18.5 Å². The Kier molecular flexibility index (Phi) is 6.96. The average Bonchev–Trinajstić information content (AvgIpc) is 3.19. The van der Waals surface area contributed by atoms with E-state index >= 15 is 0 Å². The molecular formula is C17H23N3O2S2. The number of rotatable bonds is 8. The van der Waals surface area contributed by atoms with Crippen LogP contribution < -0.4 is 10.6 Å². The maximum absolute atomic E-state index is 12.4. The molecule has 0 unspecified atom stereocenters. The zero-order valence-electron chi connectivity index (χ0n) is 14.1. The van der Waals surface area contributed by atoms with Crippen LogP contribution in [0.3, 0.4) is 0 Å². The van der Waals surface area contributed by atoms with Crippen LogP contribution in [0.2, 0.25) is 0 Å². The van der Waals surface area contributed by atoms with E-state index in [0.29, 0.717) is 6.54 Å². The van der Waals surface area contributed by atoms with E-state index in [1.807, 2.05) is 43.1 Å². The number of hydrogen-bond acceptors (Lipinski definition) is 5. The second-order valence-corrected chi connectivity index (χ2v) is 7.73. The third-order valence-electron chi connectivity index (χ3n) is 3.64. The van der Waals surface area contributed by atoms with Crippen LogP contribution in [0, 0.1) is 0 Å². The molecule has 0 aromatic carbocycles. The van der Waals surface area contributed by atoms with Gasteiger partial charge in [-0.1, -0.05) is 12.1 Å². The van der Waals surface area contributed by atoms with Crippen molar-refractivity contribution in [3.63, 3.8) is 0 Å². The number of carbonyl (C=O) groups is 2. The summed E-state index contributed by atoms with van der Waals surface area (Å²) < 4.78 is 0. The molecule has 2 rings (SSSR count). The number of amides is 2. The molecule has 0 bridgehead atoms. The zero-order chi connectivity index (χ0) is 17.5. The lowest BCUT2D eigenvalue weighted by molar-refractivity contribution is -0.122. The minimum absolute atomic E-state index is 0.0643. The summed E-state index contributed by atoms with van der Waals surface area (Å²) in [7, 11) is 4.00. The van der Waals surface area contributed by atoms with Crippen LogP contribution in [0.15, 0.2) is 35.0 Å². The summed E-state index contributed by atoms with van der Waals surface area (Å²) in [4.78, 5) is 28.1. The van der Waals surface area contributed by atoms with Crippen molar-refractivity contribution in [3.05, 3.63) is 44.8 Å². The fourth-order valence-corrected chi connectivity index (χ4v) is 4.14. The van der Waals surface area contributed by atoms with Crippen LogP contribution in [-0.4, -0.2) is 37.4 Å². The van der Waals surface area contributed by atoms with E-state index < -0.39 is 0 Å². The smallest absolute Gasteiger partial charge is 0.222 e. The minimum atomic E-state index is -0.276. The Morgan fingerprint density at radius 1 is 1.12 bits per heavy atom. The summed E-state index contributed by atoms with van der Waals surface area (Å²) in [5.41, 5.74) is 0. The SMILES string of the molecule is CC(=O)N[C@H](CC(=O)NC[C@@H](c1cccs1)N(C)C)c1cccs1. The molecule has 0 spiro atoms. The lowest BCUT2D eigenvalue weighted by Crippen LogP contribution is -2.36. The highest BCUT2D eigenvalue weighted by atomic mass is 32.1. The van der Waals surface area contributed by atoms with Crippen LogP contribution in [0.4, 0.5) is 0 Å². The molecule has 0 saturated heterocycles. The van der Waals surface area contributed by atoms with E-state index in [9.17, 15) is 9.59 Å². The van der Waals surface area contributed by atoms with Gasteiger partial charge in [-0.2, -0.15) is 0 Å². The highest BCUT2D eigenvalue weighted by Crippen LogP contribution is 2.24. The van der Waals surface area contributed by atoms with Gasteiger partial charge in [0.2, 0.25) is 11.8 Å². The summed E-state index contributed by atoms with van der Waals surface area (Å²) in [6.07, 6.45) is 0.241. The Morgan fingerprint density at radius 2 is 1.75 bits per heavy atom. The standard InChI is InChI=1S/C17H23N3O2S2/c1-12(21)19-13(15-6-4-8-23-15)10-17(22)18-11-14(20(2)3)16-7-5-9-24-16/h4-9,13-14H,10-11H2,1-3H3,(H,18,22)(H,19,21)/t13-,14+/m1/s1. The predicted molar refractivity (Wildman–Crippen MR) is 99.3 cm³/mol. The Bertz CT molecular complexity index is 639. The number of thiophene rings is 2. The number of likely N-dealkylation sites (N-methyl/N-ethyl adjacent to an activating group) is 1. The first kappa shape index (κ1) is 18.6. The molecule has 0 fully saturated rings. The Labute approximate surface area is 150 Å². The third kappa shape index (κ3) is 5.43. The molecule has 2 aromatic heterocycles. The normalized spacial score (nSPS) is 13.5. The van der Waals surface area contributed by atoms with Crippen LogP contribution in [0.1, 0.15) is 35.2 Å². The molecule has 2 atom stereocenters. The molecule has 7 heteroatoms. The second-order valence-electron chi connectivity index (χ2n) is 5.77. The molecule has 24 heavy (non-hydrogen) atoms. The lowest BCUT2D eigenvalue weighted by Gasteiger charge is -2.24. The highest BCUT2D eigenvalue weighted by Gasteiger charge is 2.20. The van der Waals surface area contributed by atoms with Crippen molar-refractivity contribution in [2.75, 3.05) is 20.6 Å². The van der Waals surface area contributed by atoms with Crippen molar-refractivity contribution in [3.8, 4) is 0 Å².